The van der Waals surface area contributed by atoms with Crippen molar-refractivity contribution in [1.82, 2.24) is 0 Å². The maximum atomic E-state index is 6.13. The highest BCUT2D eigenvalue weighted by molar-refractivity contribution is 6.64. The fourth-order valence-electron chi connectivity index (χ4n) is 2.75. The van der Waals surface area contributed by atoms with E-state index in [1.165, 1.54) is 0 Å². The van der Waals surface area contributed by atoms with E-state index in [4.69, 9.17) is 13.3 Å². The average molecular weight is 276 g/mol. The number of rotatable bonds is 11. The predicted molar refractivity (Wildman–Crippen MR) is 78.8 cm³/mol. The molecule has 0 heterocycles. The van der Waals surface area contributed by atoms with Crippen LogP contribution in [0.4, 0.5) is 0 Å². The first kappa shape index (κ1) is 18.1. The molecular weight excluding hydrogens is 244 g/mol. The second kappa shape index (κ2) is 9.07. The van der Waals surface area contributed by atoms with Gasteiger partial charge in [0.1, 0.15) is 0 Å². The van der Waals surface area contributed by atoms with E-state index < -0.39 is 8.80 Å². The SMILES string of the molecule is CCCCO[Si](OC)(OC)C(C)(CCC)CCC. The maximum Gasteiger partial charge on any atom is 0.506 e. The van der Waals surface area contributed by atoms with Crippen LogP contribution in [0, 0.1) is 0 Å². The molecule has 0 amide bonds. The molecular formula is C14H32O3Si. The van der Waals surface area contributed by atoms with Gasteiger partial charge in [0.2, 0.25) is 0 Å². The normalized spacial score (nSPS) is 13.0. The molecule has 0 rings (SSSR count). The van der Waals surface area contributed by atoms with Gasteiger partial charge >= 0.3 is 8.80 Å². The minimum absolute atomic E-state index is 0.0355. The molecule has 0 fully saturated rings. The first-order chi connectivity index (χ1) is 8.55. The molecule has 0 aromatic rings. The molecule has 4 heteroatoms. The molecule has 0 bridgehead atoms. The summed E-state index contributed by atoms with van der Waals surface area (Å²) in [4.78, 5) is 0. The third kappa shape index (κ3) is 4.33. The van der Waals surface area contributed by atoms with Crippen molar-refractivity contribution in [2.45, 2.75) is 71.3 Å². The molecule has 18 heavy (non-hydrogen) atoms. The van der Waals surface area contributed by atoms with Crippen LogP contribution in [0.5, 0.6) is 0 Å². The van der Waals surface area contributed by atoms with E-state index in [9.17, 15) is 0 Å². The van der Waals surface area contributed by atoms with Crippen LogP contribution in [-0.4, -0.2) is 29.6 Å². The van der Waals surface area contributed by atoms with Crippen LogP contribution in [0.2, 0.25) is 5.04 Å². The Hall–Kier alpha value is 0.0969. The third-order valence-corrected chi connectivity index (χ3v) is 7.31. The topological polar surface area (TPSA) is 27.7 Å². The average Bonchev–Trinajstić information content (AvgIpc) is 2.35. The maximum absolute atomic E-state index is 6.13. The van der Waals surface area contributed by atoms with Gasteiger partial charge in [-0.05, 0) is 19.3 Å². The molecule has 0 radical (unpaired) electrons. The molecule has 0 aliphatic heterocycles. The lowest BCUT2D eigenvalue weighted by atomic mass is 9.99. The first-order valence-corrected chi connectivity index (χ1v) is 9.02. The van der Waals surface area contributed by atoms with Crippen LogP contribution >= 0.6 is 0 Å². The highest BCUT2D eigenvalue weighted by Crippen LogP contribution is 2.47. The number of unbranched alkanes of at least 4 members (excludes halogenated alkanes) is 1. The Balaban J connectivity index is 4.97. The van der Waals surface area contributed by atoms with Crippen molar-refractivity contribution >= 4 is 8.80 Å². The molecule has 0 aliphatic carbocycles. The monoisotopic (exact) mass is 276 g/mol. The van der Waals surface area contributed by atoms with Crippen molar-refractivity contribution < 1.29 is 13.3 Å². The fraction of sp³-hybridized carbons (Fsp3) is 1.00. The van der Waals surface area contributed by atoms with Gasteiger partial charge in [0.25, 0.3) is 0 Å². The molecule has 0 atom stereocenters. The van der Waals surface area contributed by atoms with Crippen LogP contribution in [-0.2, 0) is 13.3 Å². The van der Waals surface area contributed by atoms with Gasteiger partial charge in [0, 0.05) is 25.9 Å². The van der Waals surface area contributed by atoms with E-state index in [-0.39, 0.29) is 5.04 Å². The summed E-state index contributed by atoms with van der Waals surface area (Å²) in [6.07, 6.45) is 6.66. The van der Waals surface area contributed by atoms with E-state index in [1.807, 2.05) is 0 Å². The number of hydrogen-bond donors (Lipinski definition) is 0. The molecule has 0 aliphatic rings. The van der Waals surface area contributed by atoms with Crippen molar-refractivity contribution in [3.05, 3.63) is 0 Å². The summed E-state index contributed by atoms with van der Waals surface area (Å²) < 4.78 is 17.7. The highest BCUT2D eigenvalue weighted by atomic mass is 28.4. The van der Waals surface area contributed by atoms with Crippen molar-refractivity contribution in [2.75, 3.05) is 20.8 Å². The molecule has 0 saturated carbocycles. The lowest BCUT2D eigenvalue weighted by molar-refractivity contribution is 0.0641. The van der Waals surface area contributed by atoms with E-state index in [2.05, 4.69) is 27.7 Å². The molecule has 3 nitrogen and oxygen atoms in total. The second-order valence-corrected chi connectivity index (χ2v) is 8.65. The molecule has 0 spiro atoms. The van der Waals surface area contributed by atoms with E-state index in [0.717, 1.165) is 45.1 Å². The van der Waals surface area contributed by atoms with Gasteiger partial charge in [-0.2, -0.15) is 0 Å². The van der Waals surface area contributed by atoms with Crippen LogP contribution in [0.15, 0.2) is 0 Å². The zero-order chi connectivity index (χ0) is 14.1. The Morgan fingerprint density at radius 3 is 1.72 bits per heavy atom. The van der Waals surface area contributed by atoms with Gasteiger partial charge in [-0.25, -0.2) is 0 Å². The Labute approximate surface area is 115 Å². The van der Waals surface area contributed by atoms with Crippen molar-refractivity contribution in [2.24, 2.45) is 0 Å². The van der Waals surface area contributed by atoms with Crippen LogP contribution < -0.4 is 0 Å². The third-order valence-electron chi connectivity index (χ3n) is 3.67. The van der Waals surface area contributed by atoms with Crippen LogP contribution in [0.3, 0.4) is 0 Å². The zero-order valence-corrected chi connectivity index (χ0v) is 14.2. The second-order valence-electron chi connectivity index (χ2n) is 5.23. The summed E-state index contributed by atoms with van der Waals surface area (Å²) in [7, 11) is 0.906. The predicted octanol–water partition coefficient (Wildman–Crippen LogP) is 4.40. The zero-order valence-electron chi connectivity index (χ0n) is 13.2. The standard InChI is InChI=1S/C14H32O3Si/c1-7-10-13-17-18(15-5,16-6)14(4,11-8-2)12-9-3/h7-13H2,1-6H3. The Morgan fingerprint density at radius 1 is 0.889 bits per heavy atom. The lowest BCUT2D eigenvalue weighted by Gasteiger charge is -2.42. The quantitative estimate of drug-likeness (QED) is 0.413. The van der Waals surface area contributed by atoms with Gasteiger partial charge in [-0.3, -0.25) is 0 Å². The van der Waals surface area contributed by atoms with Crippen molar-refractivity contribution in [1.29, 1.82) is 0 Å². The minimum Gasteiger partial charge on any atom is -0.377 e. The minimum atomic E-state index is -2.58. The molecule has 110 valence electrons. The molecule has 0 aromatic carbocycles. The fourth-order valence-corrected chi connectivity index (χ4v) is 6.02. The molecule has 0 N–H and O–H groups in total. The summed E-state index contributed by atoms with van der Waals surface area (Å²) in [5.74, 6) is 0. The smallest absolute Gasteiger partial charge is 0.377 e. The summed E-state index contributed by atoms with van der Waals surface area (Å²) in [6.45, 7) is 9.61. The van der Waals surface area contributed by atoms with Gasteiger partial charge in [0.15, 0.2) is 0 Å². The molecule has 0 saturated heterocycles. The molecule has 0 unspecified atom stereocenters. The van der Waals surface area contributed by atoms with Crippen LogP contribution in [0.1, 0.15) is 66.2 Å². The van der Waals surface area contributed by atoms with E-state index in [1.54, 1.807) is 14.2 Å². The lowest BCUT2D eigenvalue weighted by Crippen LogP contribution is -2.54. The van der Waals surface area contributed by atoms with Gasteiger partial charge in [-0.15, -0.1) is 0 Å². The van der Waals surface area contributed by atoms with Crippen molar-refractivity contribution in [3.63, 3.8) is 0 Å². The Kier molecular flexibility index (Phi) is 9.12. The Bertz CT molecular complexity index is 199. The van der Waals surface area contributed by atoms with Crippen LogP contribution in [0.25, 0.3) is 0 Å². The summed E-state index contributed by atoms with van der Waals surface area (Å²) >= 11 is 0. The van der Waals surface area contributed by atoms with E-state index in [0.29, 0.717) is 0 Å². The summed E-state index contributed by atoms with van der Waals surface area (Å²) in [6, 6.07) is 0. The summed E-state index contributed by atoms with van der Waals surface area (Å²) in [5.41, 5.74) is 0. The van der Waals surface area contributed by atoms with Crippen molar-refractivity contribution in [3.8, 4) is 0 Å². The van der Waals surface area contributed by atoms with Gasteiger partial charge in [-0.1, -0.05) is 47.0 Å². The summed E-state index contributed by atoms with van der Waals surface area (Å²) in [5, 5.41) is 0.0355. The highest BCUT2D eigenvalue weighted by Gasteiger charge is 2.55. The first-order valence-electron chi connectivity index (χ1n) is 7.30. The molecule has 0 aromatic heterocycles. The van der Waals surface area contributed by atoms with Gasteiger partial charge < -0.3 is 13.3 Å². The van der Waals surface area contributed by atoms with E-state index >= 15 is 0 Å². The Morgan fingerprint density at radius 2 is 1.39 bits per heavy atom. The number of hydrogen-bond acceptors (Lipinski definition) is 3. The largest absolute Gasteiger partial charge is 0.506 e. The van der Waals surface area contributed by atoms with Gasteiger partial charge in [0.05, 0.1) is 0 Å².